The normalized spacial score (nSPS) is 10.5. The lowest BCUT2D eigenvalue weighted by molar-refractivity contribution is 1.19. The standard InChI is InChI=1S/C15H12N4/c16-9-8-11-4-6-12(7-5-11)13-2-1-3-15-18-14(17)10-19(13)15/h1-7,10H,8,17H2. The Morgan fingerprint density at radius 3 is 2.68 bits per heavy atom. The van der Waals surface area contributed by atoms with E-state index in [1.807, 2.05) is 53.1 Å². The number of fused-ring (bicyclic) bond motifs is 1. The van der Waals surface area contributed by atoms with Gasteiger partial charge in [0.15, 0.2) is 0 Å². The Morgan fingerprint density at radius 2 is 1.95 bits per heavy atom. The topological polar surface area (TPSA) is 67.1 Å². The molecule has 0 unspecified atom stereocenters. The number of rotatable bonds is 2. The van der Waals surface area contributed by atoms with Crippen molar-refractivity contribution in [1.82, 2.24) is 9.38 Å². The van der Waals surface area contributed by atoms with E-state index in [0.29, 0.717) is 12.2 Å². The molecule has 4 heteroatoms. The van der Waals surface area contributed by atoms with Gasteiger partial charge < -0.3 is 5.73 Å². The Bertz CT molecular complexity index is 763. The molecule has 2 aromatic heterocycles. The molecular formula is C15H12N4. The summed E-state index contributed by atoms with van der Waals surface area (Å²) in [5, 5.41) is 8.67. The lowest BCUT2D eigenvalue weighted by Crippen LogP contribution is -1.90. The van der Waals surface area contributed by atoms with Crippen molar-refractivity contribution in [2.24, 2.45) is 0 Å². The first-order valence-corrected chi connectivity index (χ1v) is 5.98. The van der Waals surface area contributed by atoms with E-state index in [4.69, 9.17) is 11.0 Å². The molecule has 2 N–H and O–H groups in total. The summed E-state index contributed by atoms with van der Waals surface area (Å²) in [5.74, 6) is 0.508. The van der Waals surface area contributed by atoms with E-state index in [0.717, 1.165) is 22.5 Å². The van der Waals surface area contributed by atoms with Crippen LogP contribution < -0.4 is 5.73 Å². The highest BCUT2D eigenvalue weighted by atomic mass is 15.0. The summed E-state index contributed by atoms with van der Waals surface area (Å²) in [6.07, 6.45) is 2.25. The largest absolute Gasteiger partial charge is 0.382 e. The summed E-state index contributed by atoms with van der Waals surface area (Å²) in [5.41, 5.74) is 9.69. The average Bonchev–Trinajstić information content (AvgIpc) is 2.80. The molecule has 0 saturated carbocycles. The molecule has 92 valence electrons. The number of hydrogen-bond donors (Lipinski definition) is 1. The fourth-order valence-electron chi connectivity index (χ4n) is 2.15. The van der Waals surface area contributed by atoms with E-state index in [2.05, 4.69) is 11.1 Å². The van der Waals surface area contributed by atoms with Gasteiger partial charge in [0.1, 0.15) is 11.5 Å². The zero-order valence-corrected chi connectivity index (χ0v) is 10.2. The monoisotopic (exact) mass is 248 g/mol. The summed E-state index contributed by atoms with van der Waals surface area (Å²) >= 11 is 0. The van der Waals surface area contributed by atoms with Crippen LogP contribution in [0.3, 0.4) is 0 Å². The van der Waals surface area contributed by atoms with Gasteiger partial charge in [-0.1, -0.05) is 30.3 Å². The number of aromatic nitrogens is 2. The molecule has 0 spiro atoms. The van der Waals surface area contributed by atoms with Crippen LogP contribution in [0.2, 0.25) is 0 Å². The first kappa shape index (κ1) is 11.3. The van der Waals surface area contributed by atoms with Gasteiger partial charge in [-0.25, -0.2) is 4.98 Å². The smallest absolute Gasteiger partial charge is 0.142 e. The molecule has 0 aliphatic rings. The van der Waals surface area contributed by atoms with Crippen molar-refractivity contribution in [1.29, 1.82) is 5.26 Å². The number of nitrogen functional groups attached to an aromatic ring is 1. The van der Waals surface area contributed by atoms with Crippen LogP contribution in [0.5, 0.6) is 0 Å². The van der Waals surface area contributed by atoms with Gasteiger partial charge >= 0.3 is 0 Å². The fraction of sp³-hybridized carbons (Fsp3) is 0.0667. The van der Waals surface area contributed by atoms with Crippen LogP contribution >= 0.6 is 0 Å². The second kappa shape index (κ2) is 4.46. The first-order valence-electron chi connectivity index (χ1n) is 5.98. The molecule has 0 fully saturated rings. The summed E-state index contributed by atoms with van der Waals surface area (Å²) in [6.45, 7) is 0. The maximum Gasteiger partial charge on any atom is 0.142 e. The van der Waals surface area contributed by atoms with Crippen LogP contribution in [0.25, 0.3) is 16.9 Å². The predicted molar refractivity (Wildman–Crippen MR) is 74.4 cm³/mol. The molecule has 0 aliphatic carbocycles. The Balaban J connectivity index is 2.11. The van der Waals surface area contributed by atoms with Crippen LogP contribution in [0.15, 0.2) is 48.7 Å². The predicted octanol–water partition coefficient (Wildman–Crippen LogP) is 2.65. The number of imidazole rings is 1. The van der Waals surface area contributed by atoms with Gasteiger partial charge in [-0.15, -0.1) is 0 Å². The van der Waals surface area contributed by atoms with Gasteiger partial charge in [0.05, 0.1) is 24.4 Å². The van der Waals surface area contributed by atoms with E-state index in [1.165, 1.54) is 0 Å². The van der Waals surface area contributed by atoms with Crippen LogP contribution in [-0.4, -0.2) is 9.38 Å². The molecular weight excluding hydrogens is 236 g/mol. The van der Waals surface area contributed by atoms with Crippen molar-refractivity contribution in [3.8, 4) is 17.3 Å². The molecule has 1 aromatic carbocycles. The van der Waals surface area contributed by atoms with Gasteiger partial charge in [0.25, 0.3) is 0 Å². The molecule has 0 bridgehead atoms. The molecule has 19 heavy (non-hydrogen) atoms. The van der Waals surface area contributed by atoms with Gasteiger partial charge in [-0.05, 0) is 23.3 Å². The third-order valence-corrected chi connectivity index (χ3v) is 3.04. The van der Waals surface area contributed by atoms with Gasteiger partial charge in [0.2, 0.25) is 0 Å². The summed E-state index contributed by atoms with van der Waals surface area (Å²) in [4.78, 5) is 4.24. The number of benzene rings is 1. The quantitative estimate of drug-likeness (QED) is 0.758. The SMILES string of the molecule is N#CCc1ccc(-c2cccc3nc(N)cn23)cc1. The number of pyridine rings is 1. The van der Waals surface area contributed by atoms with E-state index in [9.17, 15) is 0 Å². The van der Waals surface area contributed by atoms with Crippen molar-refractivity contribution in [3.63, 3.8) is 0 Å². The maximum absolute atomic E-state index is 8.67. The minimum Gasteiger partial charge on any atom is -0.382 e. The molecule has 3 aromatic rings. The van der Waals surface area contributed by atoms with Crippen molar-refractivity contribution in [3.05, 3.63) is 54.2 Å². The van der Waals surface area contributed by atoms with Gasteiger partial charge in [-0.2, -0.15) is 5.26 Å². The molecule has 0 amide bonds. The Hall–Kier alpha value is -2.80. The number of nitrogens with zero attached hydrogens (tertiary/aromatic N) is 3. The third kappa shape index (κ3) is 2.02. The highest BCUT2D eigenvalue weighted by Crippen LogP contribution is 2.22. The minimum atomic E-state index is 0.433. The lowest BCUT2D eigenvalue weighted by Gasteiger charge is -2.06. The zero-order valence-electron chi connectivity index (χ0n) is 10.2. The number of nitrogens with two attached hydrogens (primary N) is 1. The van der Waals surface area contributed by atoms with Gasteiger partial charge in [0, 0.05) is 0 Å². The van der Waals surface area contributed by atoms with E-state index in [-0.39, 0.29) is 0 Å². The van der Waals surface area contributed by atoms with Crippen molar-refractivity contribution < 1.29 is 0 Å². The number of hydrogen-bond acceptors (Lipinski definition) is 3. The Kier molecular flexibility index (Phi) is 2.66. The van der Waals surface area contributed by atoms with Crippen LogP contribution in [0, 0.1) is 11.3 Å². The highest BCUT2D eigenvalue weighted by Gasteiger charge is 2.05. The van der Waals surface area contributed by atoms with Crippen LogP contribution in [0.4, 0.5) is 5.82 Å². The zero-order chi connectivity index (χ0) is 13.2. The lowest BCUT2D eigenvalue weighted by atomic mass is 10.1. The van der Waals surface area contributed by atoms with Crippen molar-refractivity contribution in [2.75, 3.05) is 5.73 Å². The molecule has 2 heterocycles. The summed E-state index contributed by atoms with van der Waals surface area (Å²) < 4.78 is 1.97. The van der Waals surface area contributed by atoms with Crippen LogP contribution in [-0.2, 0) is 6.42 Å². The average molecular weight is 248 g/mol. The van der Waals surface area contributed by atoms with Crippen molar-refractivity contribution in [2.45, 2.75) is 6.42 Å². The highest BCUT2D eigenvalue weighted by molar-refractivity contribution is 5.65. The van der Waals surface area contributed by atoms with Crippen molar-refractivity contribution >= 4 is 11.5 Å². The second-order valence-electron chi connectivity index (χ2n) is 4.34. The third-order valence-electron chi connectivity index (χ3n) is 3.04. The second-order valence-corrected chi connectivity index (χ2v) is 4.34. The molecule has 0 saturated heterocycles. The molecule has 0 atom stereocenters. The van der Waals surface area contributed by atoms with E-state index >= 15 is 0 Å². The Morgan fingerprint density at radius 1 is 1.16 bits per heavy atom. The minimum absolute atomic E-state index is 0.433. The molecule has 4 nitrogen and oxygen atoms in total. The molecule has 3 rings (SSSR count). The summed E-state index contributed by atoms with van der Waals surface area (Å²) in [6, 6.07) is 16.0. The Labute approximate surface area is 110 Å². The maximum atomic E-state index is 8.67. The number of anilines is 1. The first-order chi connectivity index (χ1) is 9.28. The molecule has 0 radical (unpaired) electrons. The van der Waals surface area contributed by atoms with Crippen LogP contribution in [0.1, 0.15) is 5.56 Å². The van der Waals surface area contributed by atoms with E-state index < -0.39 is 0 Å². The van der Waals surface area contributed by atoms with E-state index in [1.54, 1.807) is 0 Å². The van der Waals surface area contributed by atoms with Gasteiger partial charge in [-0.3, -0.25) is 4.40 Å². The fourth-order valence-corrected chi connectivity index (χ4v) is 2.15. The number of nitriles is 1. The molecule has 0 aliphatic heterocycles. The summed E-state index contributed by atoms with van der Waals surface area (Å²) in [7, 11) is 0.